The van der Waals surface area contributed by atoms with Gasteiger partial charge in [-0.25, -0.2) is 13.1 Å². The Morgan fingerprint density at radius 2 is 1.92 bits per heavy atom. The maximum Gasteiger partial charge on any atom is 0.271 e. The van der Waals surface area contributed by atoms with Crippen molar-refractivity contribution in [3.8, 4) is 11.3 Å². The summed E-state index contributed by atoms with van der Waals surface area (Å²) in [5, 5.41) is 7.00. The van der Waals surface area contributed by atoms with Crippen molar-refractivity contribution in [1.29, 1.82) is 0 Å². The molecule has 2 N–H and O–H groups in total. The number of H-pyrrole nitrogens is 1. The third kappa shape index (κ3) is 4.01. The van der Waals surface area contributed by atoms with Crippen LogP contribution >= 0.6 is 0 Å². The Morgan fingerprint density at radius 3 is 2.54 bits per heavy atom. The molecule has 3 rings (SSSR count). The smallest absolute Gasteiger partial charge is 0.271 e. The normalized spacial score (nSPS) is 16.3. The summed E-state index contributed by atoms with van der Waals surface area (Å²) < 4.78 is 25.1. The van der Waals surface area contributed by atoms with Crippen molar-refractivity contribution in [2.75, 3.05) is 19.3 Å². The molecule has 1 fully saturated rings. The summed E-state index contributed by atoms with van der Waals surface area (Å²) >= 11 is 0. The van der Waals surface area contributed by atoms with E-state index in [1.165, 1.54) is 0 Å². The van der Waals surface area contributed by atoms with Gasteiger partial charge in [-0.15, -0.1) is 0 Å². The highest BCUT2D eigenvalue weighted by Crippen LogP contribution is 2.19. The predicted octanol–water partition coefficient (Wildman–Crippen LogP) is 1.23. The number of benzene rings is 1. The van der Waals surface area contributed by atoms with Gasteiger partial charge in [-0.2, -0.15) is 5.10 Å². The van der Waals surface area contributed by atoms with Crippen LogP contribution in [-0.2, 0) is 10.0 Å². The van der Waals surface area contributed by atoms with Crippen LogP contribution in [0.15, 0.2) is 36.4 Å². The van der Waals surface area contributed by atoms with Crippen LogP contribution < -0.4 is 4.72 Å². The van der Waals surface area contributed by atoms with Crippen molar-refractivity contribution in [2.24, 2.45) is 0 Å². The average Bonchev–Trinajstić information content (AvgIpc) is 3.04. The van der Waals surface area contributed by atoms with Gasteiger partial charge in [0.15, 0.2) is 0 Å². The van der Waals surface area contributed by atoms with Gasteiger partial charge in [-0.3, -0.25) is 9.89 Å². The third-order valence-corrected chi connectivity index (χ3v) is 4.80. The van der Waals surface area contributed by atoms with Crippen molar-refractivity contribution < 1.29 is 13.2 Å². The lowest BCUT2D eigenvalue weighted by Gasteiger charge is -2.31. The van der Waals surface area contributed by atoms with Crippen molar-refractivity contribution >= 4 is 15.9 Å². The highest BCUT2D eigenvalue weighted by atomic mass is 32.2. The number of likely N-dealkylation sites (tertiary alicyclic amines) is 1. The standard InChI is InChI=1S/C16H20N4O3S/c1-24(22,23)19-13-7-9-20(10-8-13)16(21)15-11-14(17-18-15)12-5-3-2-4-6-12/h2-6,11,13,19H,7-10H2,1H3,(H,17,18). The lowest BCUT2D eigenvalue weighted by atomic mass is 10.1. The van der Waals surface area contributed by atoms with E-state index in [2.05, 4.69) is 14.9 Å². The van der Waals surface area contributed by atoms with Crippen LogP contribution in [0.25, 0.3) is 11.3 Å². The summed E-state index contributed by atoms with van der Waals surface area (Å²) in [6, 6.07) is 11.3. The maximum absolute atomic E-state index is 12.6. The van der Waals surface area contributed by atoms with Gasteiger partial charge in [0, 0.05) is 24.7 Å². The Balaban J connectivity index is 1.63. The zero-order chi connectivity index (χ0) is 17.2. The van der Waals surface area contributed by atoms with Gasteiger partial charge >= 0.3 is 0 Å². The first-order chi connectivity index (χ1) is 11.4. The van der Waals surface area contributed by atoms with E-state index in [1.807, 2.05) is 30.3 Å². The lowest BCUT2D eigenvalue weighted by molar-refractivity contribution is 0.0705. The fraction of sp³-hybridized carbons (Fsp3) is 0.375. The highest BCUT2D eigenvalue weighted by Gasteiger charge is 2.26. The van der Waals surface area contributed by atoms with E-state index in [1.54, 1.807) is 11.0 Å². The molecular formula is C16H20N4O3S. The van der Waals surface area contributed by atoms with Crippen molar-refractivity contribution in [3.63, 3.8) is 0 Å². The van der Waals surface area contributed by atoms with Gasteiger partial charge in [0.25, 0.3) is 5.91 Å². The Hall–Kier alpha value is -2.19. The number of amides is 1. The third-order valence-electron chi connectivity index (χ3n) is 4.04. The summed E-state index contributed by atoms with van der Waals surface area (Å²) in [5.41, 5.74) is 2.12. The number of nitrogens with zero attached hydrogens (tertiary/aromatic N) is 2. The van der Waals surface area contributed by atoms with Gasteiger partial charge in [0.05, 0.1) is 11.9 Å². The first-order valence-electron chi connectivity index (χ1n) is 7.80. The summed E-state index contributed by atoms with van der Waals surface area (Å²) in [4.78, 5) is 14.3. The summed E-state index contributed by atoms with van der Waals surface area (Å²) in [6.45, 7) is 1.04. The van der Waals surface area contributed by atoms with Gasteiger partial charge in [-0.05, 0) is 18.9 Å². The monoisotopic (exact) mass is 348 g/mol. The molecule has 128 valence electrons. The number of carbonyl (C=O) groups is 1. The van der Waals surface area contributed by atoms with Crippen LogP contribution in [0.1, 0.15) is 23.3 Å². The number of rotatable bonds is 4. The molecular weight excluding hydrogens is 328 g/mol. The predicted molar refractivity (Wildman–Crippen MR) is 90.9 cm³/mol. The molecule has 0 aliphatic carbocycles. The second-order valence-electron chi connectivity index (χ2n) is 5.99. The Morgan fingerprint density at radius 1 is 1.25 bits per heavy atom. The molecule has 1 aromatic carbocycles. The fourth-order valence-electron chi connectivity index (χ4n) is 2.86. The molecule has 1 amide bonds. The minimum absolute atomic E-state index is 0.106. The number of piperidine rings is 1. The van der Waals surface area contributed by atoms with Gasteiger partial charge < -0.3 is 4.90 Å². The fourth-order valence-corrected chi connectivity index (χ4v) is 3.70. The molecule has 2 heterocycles. The van der Waals surface area contributed by atoms with Crippen molar-refractivity contribution in [2.45, 2.75) is 18.9 Å². The molecule has 0 bridgehead atoms. The Labute approximate surface area is 141 Å². The summed E-state index contributed by atoms with van der Waals surface area (Å²) in [5.74, 6) is -0.109. The van der Waals surface area contributed by atoms with Crippen LogP contribution in [0.5, 0.6) is 0 Å². The highest BCUT2D eigenvalue weighted by molar-refractivity contribution is 7.88. The minimum Gasteiger partial charge on any atom is -0.337 e. The van der Waals surface area contributed by atoms with E-state index < -0.39 is 10.0 Å². The maximum atomic E-state index is 12.6. The minimum atomic E-state index is -3.21. The molecule has 0 saturated carbocycles. The van der Waals surface area contributed by atoms with Gasteiger partial charge in [-0.1, -0.05) is 30.3 Å². The molecule has 0 spiro atoms. The molecule has 2 aromatic rings. The number of carbonyl (C=O) groups excluding carboxylic acids is 1. The van der Waals surface area contributed by atoms with Crippen LogP contribution in [0.2, 0.25) is 0 Å². The average molecular weight is 348 g/mol. The lowest BCUT2D eigenvalue weighted by Crippen LogP contribution is -2.46. The second kappa shape index (κ2) is 6.74. The number of aromatic nitrogens is 2. The Kier molecular flexibility index (Phi) is 4.68. The van der Waals surface area contributed by atoms with Crippen LogP contribution in [0.4, 0.5) is 0 Å². The zero-order valence-electron chi connectivity index (χ0n) is 13.4. The number of aromatic amines is 1. The molecule has 1 aliphatic rings. The molecule has 24 heavy (non-hydrogen) atoms. The molecule has 7 nitrogen and oxygen atoms in total. The number of hydrogen-bond donors (Lipinski definition) is 2. The van der Waals surface area contributed by atoms with E-state index in [0.717, 1.165) is 17.5 Å². The first-order valence-corrected chi connectivity index (χ1v) is 9.69. The topological polar surface area (TPSA) is 95.2 Å². The van der Waals surface area contributed by atoms with Crippen molar-refractivity contribution in [1.82, 2.24) is 19.8 Å². The number of sulfonamides is 1. The van der Waals surface area contributed by atoms with Crippen LogP contribution in [0.3, 0.4) is 0 Å². The zero-order valence-corrected chi connectivity index (χ0v) is 14.2. The summed E-state index contributed by atoms with van der Waals surface area (Å²) in [7, 11) is -3.21. The molecule has 0 unspecified atom stereocenters. The van der Waals surface area contributed by atoms with E-state index in [9.17, 15) is 13.2 Å². The van der Waals surface area contributed by atoms with Crippen molar-refractivity contribution in [3.05, 3.63) is 42.1 Å². The number of hydrogen-bond acceptors (Lipinski definition) is 4. The van der Waals surface area contributed by atoms with E-state index in [4.69, 9.17) is 0 Å². The van der Waals surface area contributed by atoms with E-state index in [-0.39, 0.29) is 11.9 Å². The van der Waals surface area contributed by atoms with E-state index in [0.29, 0.717) is 31.6 Å². The SMILES string of the molecule is CS(=O)(=O)NC1CCN(C(=O)c2cc(-c3ccccc3)n[nH]2)CC1. The molecule has 8 heteroatoms. The molecule has 0 radical (unpaired) electrons. The molecule has 1 saturated heterocycles. The molecule has 1 aliphatic heterocycles. The second-order valence-corrected chi connectivity index (χ2v) is 7.77. The largest absolute Gasteiger partial charge is 0.337 e. The van der Waals surface area contributed by atoms with Crippen LogP contribution in [0, 0.1) is 0 Å². The van der Waals surface area contributed by atoms with Crippen LogP contribution in [-0.4, -0.2) is 54.8 Å². The molecule has 1 aromatic heterocycles. The first kappa shape index (κ1) is 16.7. The van der Waals surface area contributed by atoms with E-state index >= 15 is 0 Å². The van der Waals surface area contributed by atoms with Gasteiger partial charge in [0.2, 0.25) is 10.0 Å². The quantitative estimate of drug-likeness (QED) is 0.869. The summed E-state index contributed by atoms with van der Waals surface area (Å²) in [6.07, 6.45) is 2.37. The number of nitrogens with one attached hydrogen (secondary N) is 2. The Bertz CT molecular complexity index is 809. The van der Waals surface area contributed by atoms with Gasteiger partial charge in [0.1, 0.15) is 5.69 Å². The molecule has 0 atom stereocenters.